The van der Waals surface area contributed by atoms with Crippen LogP contribution in [0.25, 0.3) is 0 Å². The van der Waals surface area contributed by atoms with E-state index in [1.165, 1.54) is 18.5 Å². The van der Waals surface area contributed by atoms with Crippen molar-refractivity contribution in [3.63, 3.8) is 0 Å². The van der Waals surface area contributed by atoms with Crippen LogP contribution >= 0.6 is 0 Å². The van der Waals surface area contributed by atoms with Crippen molar-refractivity contribution in [3.8, 4) is 5.75 Å². The highest BCUT2D eigenvalue weighted by atomic mass is 19.1. The Kier molecular flexibility index (Phi) is 3.96. The van der Waals surface area contributed by atoms with E-state index in [4.69, 9.17) is 9.26 Å². The number of hydrogen-bond donors (Lipinski definition) is 0. The fourth-order valence-electron chi connectivity index (χ4n) is 4.49. The molecule has 0 aliphatic carbocycles. The maximum absolute atomic E-state index is 14.0. The smallest absolute Gasteiger partial charge is 0.272 e. The number of fused-ring (bicyclic) bond motifs is 2. The van der Waals surface area contributed by atoms with E-state index in [1.54, 1.807) is 40.5 Å². The third kappa shape index (κ3) is 2.41. The molecule has 1 saturated heterocycles. The first-order chi connectivity index (χ1) is 14.5. The van der Waals surface area contributed by atoms with Crippen LogP contribution in [0.15, 0.2) is 47.3 Å². The second-order valence-electron chi connectivity index (χ2n) is 7.44. The predicted molar refractivity (Wildman–Crippen MR) is 102 cm³/mol. The van der Waals surface area contributed by atoms with E-state index in [9.17, 15) is 14.0 Å². The SMILES string of the molecule is COc1ccc(C23Cn4cc(F)cc4C(=O)N2CCN3C(=O)c2conc2C)cc1. The third-order valence-electron chi connectivity index (χ3n) is 5.94. The van der Waals surface area contributed by atoms with Crippen LogP contribution in [-0.4, -0.2) is 51.5 Å². The minimum atomic E-state index is -1.11. The Morgan fingerprint density at radius 3 is 2.70 bits per heavy atom. The normalized spacial score (nSPS) is 20.3. The zero-order valence-corrected chi connectivity index (χ0v) is 16.5. The van der Waals surface area contributed by atoms with Crippen molar-refractivity contribution in [1.82, 2.24) is 19.5 Å². The molecule has 1 fully saturated rings. The summed E-state index contributed by atoms with van der Waals surface area (Å²) in [5.74, 6) is -0.450. The molecule has 1 atom stereocenters. The van der Waals surface area contributed by atoms with E-state index < -0.39 is 11.5 Å². The molecule has 3 aromatic rings. The summed E-state index contributed by atoms with van der Waals surface area (Å²) in [5.41, 5.74) is 0.700. The topological polar surface area (TPSA) is 80.8 Å². The first kappa shape index (κ1) is 18.4. The highest BCUT2D eigenvalue weighted by molar-refractivity contribution is 5.98. The standard InChI is InChI=1S/C21H19FN4O4/c1-13-17(11-30-23-13)19(27)25-7-8-26-20(28)18-9-15(22)10-24(18)12-21(25,26)14-3-5-16(29-2)6-4-14/h3-6,9-11H,7-8,12H2,1-2H3. The number of halogens is 1. The minimum Gasteiger partial charge on any atom is -0.497 e. The Morgan fingerprint density at radius 1 is 1.27 bits per heavy atom. The number of rotatable bonds is 3. The molecule has 4 heterocycles. The average Bonchev–Trinajstić information content (AvgIpc) is 3.44. The van der Waals surface area contributed by atoms with E-state index in [0.29, 0.717) is 30.1 Å². The number of methoxy groups -OCH3 is 1. The van der Waals surface area contributed by atoms with Gasteiger partial charge in [0.05, 0.1) is 19.3 Å². The van der Waals surface area contributed by atoms with Crippen LogP contribution < -0.4 is 4.74 Å². The van der Waals surface area contributed by atoms with Crippen LogP contribution in [-0.2, 0) is 12.2 Å². The molecular formula is C21H19FN4O4. The van der Waals surface area contributed by atoms with Crippen molar-refractivity contribution in [2.75, 3.05) is 20.2 Å². The van der Waals surface area contributed by atoms with E-state index in [2.05, 4.69) is 5.16 Å². The lowest BCUT2D eigenvalue weighted by molar-refractivity contribution is -0.00600. The molecule has 8 nitrogen and oxygen atoms in total. The van der Waals surface area contributed by atoms with Gasteiger partial charge >= 0.3 is 0 Å². The summed E-state index contributed by atoms with van der Waals surface area (Å²) in [5, 5.41) is 3.81. The molecule has 2 aliphatic rings. The molecular weight excluding hydrogens is 391 g/mol. The van der Waals surface area contributed by atoms with Crippen molar-refractivity contribution in [2.45, 2.75) is 19.1 Å². The fraction of sp³-hybridized carbons (Fsp3) is 0.286. The molecule has 0 N–H and O–H groups in total. The monoisotopic (exact) mass is 410 g/mol. The highest BCUT2D eigenvalue weighted by Crippen LogP contribution is 2.44. The zero-order valence-electron chi connectivity index (χ0n) is 16.5. The average molecular weight is 410 g/mol. The van der Waals surface area contributed by atoms with E-state index in [0.717, 1.165) is 5.56 Å². The van der Waals surface area contributed by atoms with Gasteiger partial charge in [-0.3, -0.25) is 9.59 Å². The van der Waals surface area contributed by atoms with Gasteiger partial charge in [-0.15, -0.1) is 0 Å². The third-order valence-corrected chi connectivity index (χ3v) is 5.94. The Labute approximate surface area is 171 Å². The Morgan fingerprint density at radius 2 is 2.03 bits per heavy atom. The lowest BCUT2D eigenvalue weighted by Gasteiger charge is -2.47. The molecule has 0 spiro atoms. The molecule has 0 radical (unpaired) electrons. The Hall–Kier alpha value is -3.62. The summed E-state index contributed by atoms with van der Waals surface area (Å²) in [7, 11) is 1.57. The van der Waals surface area contributed by atoms with Gasteiger partial charge in [-0.05, 0) is 19.1 Å². The van der Waals surface area contributed by atoms with Gasteiger partial charge in [0.15, 0.2) is 5.66 Å². The molecule has 2 aromatic heterocycles. The number of aromatic nitrogens is 2. The second kappa shape index (κ2) is 6.45. The van der Waals surface area contributed by atoms with Gasteiger partial charge in [-0.25, -0.2) is 4.39 Å². The van der Waals surface area contributed by atoms with Gasteiger partial charge in [0.25, 0.3) is 11.8 Å². The van der Waals surface area contributed by atoms with E-state index >= 15 is 0 Å². The molecule has 0 saturated carbocycles. The summed E-state index contributed by atoms with van der Waals surface area (Å²) in [4.78, 5) is 30.1. The van der Waals surface area contributed by atoms with Gasteiger partial charge in [0.2, 0.25) is 0 Å². The lowest BCUT2D eigenvalue weighted by Crippen LogP contribution is -2.60. The lowest BCUT2D eigenvalue weighted by atomic mass is 9.93. The second-order valence-corrected chi connectivity index (χ2v) is 7.44. The Bertz CT molecular complexity index is 1150. The largest absolute Gasteiger partial charge is 0.497 e. The molecule has 154 valence electrons. The minimum absolute atomic E-state index is 0.209. The number of benzene rings is 1. The van der Waals surface area contributed by atoms with Crippen molar-refractivity contribution in [3.05, 3.63) is 71.1 Å². The number of aryl methyl sites for hydroxylation is 1. The van der Waals surface area contributed by atoms with Gasteiger partial charge in [-0.1, -0.05) is 17.3 Å². The summed E-state index contributed by atoms with van der Waals surface area (Å²) in [6.07, 6.45) is 2.61. The van der Waals surface area contributed by atoms with E-state index in [1.807, 2.05) is 12.1 Å². The number of ether oxygens (including phenoxy) is 1. The van der Waals surface area contributed by atoms with Crippen LogP contribution in [0.5, 0.6) is 5.75 Å². The van der Waals surface area contributed by atoms with Crippen LogP contribution in [0.4, 0.5) is 4.39 Å². The maximum atomic E-state index is 14.0. The highest BCUT2D eigenvalue weighted by Gasteiger charge is 2.56. The number of carbonyl (C=O) groups excluding carboxylic acids is 2. The van der Waals surface area contributed by atoms with Crippen LogP contribution in [0.2, 0.25) is 0 Å². The number of amides is 2. The molecule has 9 heteroatoms. The van der Waals surface area contributed by atoms with Crippen LogP contribution in [0, 0.1) is 12.7 Å². The summed E-state index contributed by atoms with van der Waals surface area (Å²) in [6, 6.07) is 8.45. The molecule has 2 amide bonds. The molecule has 0 bridgehead atoms. The molecule has 2 aliphatic heterocycles. The zero-order chi connectivity index (χ0) is 21.0. The maximum Gasteiger partial charge on any atom is 0.272 e. The van der Waals surface area contributed by atoms with Gasteiger partial charge < -0.3 is 23.6 Å². The Balaban J connectivity index is 1.69. The predicted octanol–water partition coefficient (Wildman–Crippen LogP) is 2.40. The van der Waals surface area contributed by atoms with Gasteiger partial charge in [0.1, 0.15) is 29.1 Å². The summed E-state index contributed by atoms with van der Waals surface area (Å²) >= 11 is 0. The van der Waals surface area contributed by atoms with Crippen molar-refractivity contribution in [1.29, 1.82) is 0 Å². The summed E-state index contributed by atoms with van der Waals surface area (Å²) < 4.78 is 25.8. The van der Waals surface area contributed by atoms with Crippen LogP contribution in [0.3, 0.4) is 0 Å². The van der Waals surface area contributed by atoms with Crippen molar-refractivity contribution < 1.29 is 23.2 Å². The summed E-state index contributed by atoms with van der Waals surface area (Å²) in [6.45, 7) is 2.55. The molecule has 1 unspecified atom stereocenters. The van der Waals surface area contributed by atoms with Crippen molar-refractivity contribution in [2.24, 2.45) is 0 Å². The van der Waals surface area contributed by atoms with Crippen LogP contribution in [0.1, 0.15) is 32.1 Å². The molecule has 5 rings (SSSR count). The number of carbonyl (C=O) groups is 2. The molecule has 1 aromatic carbocycles. The molecule has 30 heavy (non-hydrogen) atoms. The van der Waals surface area contributed by atoms with Gasteiger partial charge in [-0.2, -0.15) is 0 Å². The van der Waals surface area contributed by atoms with Gasteiger partial charge in [0, 0.05) is 30.9 Å². The van der Waals surface area contributed by atoms with E-state index in [-0.39, 0.29) is 24.1 Å². The first-order valence-electron chi connectivity index (χ1n) is 9.51. The fourth-order valence-corrected chi connectivity index (χ4v) is 4.49. The quantitative estimate of drug-likeness (QED) is 0.662. The van der Waals surface area contributed by atoms with Crippen molar-refractivity contribution >= 4 is 11.8 Å². The number of hydrogen-bond acceptors (Lipinski definition) is 5. The first-order valence-corrected chi connectivity index (χ1v) is 9.51. The number of nitrogens with zero attached hydrogens (tertiary/aromatic N) is 4.